The van der Waals surface area contributed by atoms with E-state index in [0.717, 1.165) is 21.8 Å². The second-order valence-electron chi connectivity index (χ2n) is 5.29. The summed E-state index contributed by atoms with van der Waals surface area (Å²) in [4.78, 5) is 25.3. The number of nitrogen functional groups attached to an aromatic ring is 2. The molecule has 0 fully saturated rings. The van der Waals surface area contributed by atoms with Gasteiger partial charge in [0.25, 0.3) is 0 Å². The van der Waals surface area contributed by atoms with Crippen molar-refractivity contribution in [3.05, 3.63) is 46.6 Å². The molecule has 3 aromatic rings. The van der Waals surface area contributed by atoms with Crippen LogP contribution in [-0.2, 0) is 18.0 Å². The van der Waals surface area contributed by atoms with E-state index in [1.165, 1.54) is 11.3 Å². The van der Waals surface area contributed by atoms with E-state index in [2.05, 4.69) is 15.0 Å². The number of anilines is 2. The average Bonchev–Trinajstić information content (AvgIpc) is 3.04. The molecule has 1 aliphatic heterocycles. The molecule has 2 aromatic heterocycles. The number of carbonyl (C=O) groups is 1. The maximum atomic E-state index is 12.3. The van der Waals surface area contributed by atoms with Gasteiger partial charge in [0, 0.05) is 16.0 Å². The Bertz CT molecular complexity index is 952. The number of ether oxygens (including phenoxy) is 2. The summed E-state index contributed by atoms with van der Waals surface area (Å²) in [6.45, 7) is 0.294. The highest BCUT2D eigenvalue weighted by molar-refractivity contribution is 7.17. The first-order valence-electron chi connectivity index (χ1n) is 7.38. The van der Waals surface area contributed by atoms with E-state index in [4.69, 9.17) is 20.9 Å². The number of para-hydroxylation sites is 1. The van der Waals surface area contributed by atoms with Crippen molar-refractivity contribution in [1.29, 1.82) is 0 Å². The van der Waals surface area contributed by atoms with Crippen LogP contribution in [0.2, 0.25) is 0 Å². The molecule has 0 spiro atoms. The van der Waals surface area contributed by atoms with Crippen molar-refractivity contribution in [1.82, 2.24) is 15.0 Å². The van der Waals surface area contributed by atoms with E-state index in [0.29, 0.717) is 11.5 Å². The largest absolute Gasteiger partial charge is 0.488 e. The molecule has 25 heavy (non-hydrogen) atoms. The van der Waals surface area contributed by atoms with Gasteiger partial charge in [-0.1, -0.05) is 12.1 Å². The SMILES string of the molecule is Nc1nc(N)nc(COC(=O)c2cc3c(s2)-c2ccccc2OC3)n1. The van der Waals surface area contributed by atoms with Gasteiger partial charge in [-0.15, -0.1) is 11.3 Å². The lowest BCUT2D eigenvalue weighted by molar-refractivity contribution is 0.0468. The Morgan fingerprint density at radius 2 is 1.96 bits per heavy atom. The van der Waals surface area contributed by atoms with Crippen molar-refractivity contribution in [3.8, 4) is 16.2 Å². The molecule has 3 heterocycles. The Morgan fingerprint density at radius 1 is 1.20 bits per heavy atom. The number of fused-ring (bicyclic) bond motifs is 3. The summed E-state index contributed by atoms with van der Waals surface area (Å²) < 4.78 is 11.0. The summed E-state index contributed by atoms with van der Waals surface area (Å²) >= 11 is 1.37. The number of aromatic nitrogens is 3. The van der Waals surface area contributed by atoms with Gasteiger partial charge in [-0.25, -0.2) is 4.79 Å². The van der Waals surface area contributed by atoms with Gasteiger partial charge < -0.3 is 20.9 Å². The molecule has 0 aliphatic carbocycles. The summed E-state index contributed by atoms with van der Waals surface area (Å²) in [5.74, 6) is 0.522. The second kappa shape index (κ2) is 6.02. The Labute approximate surface area is 146 Å². The zero-order valence-corrected chi connectivity index (χ0v) is 13.7. The Hall–Kier alpha value is -3.20. The molecule has 0 saturated carbocycles. The number of nitrogens with two attached hydrogens (primary N) is 2. The van der Waals surface area contributed by atoms with Crippen molar-refractivity contribution in [2.75, 3.05) is 11.5 Å². The monoisotopic (exact) mass is 355 g/mol. The van der Waals surface area contributed by atoms with E-state index in [1.807, 2.05) is 24.3 Å². The van der Waals surface area contributed by atoms with Crippen LogP contribution in [0.3, 0.4) is 0 Å². The van der Waals surface area contributed by atoms with Crippen LogP contribution < -0.4 is 16.2 Å². The van der Waals surface area contributed by atoms with Gasteiger partial charge in [0.2, 0.25) is 11.9 Å². The molecule has 4 N–H and O–H groups in total. The first kappa shape index (κ1) is 15.3. The van der Waals surface area contributed by atoms with Gasteiger partial charge >= 0.3 is 5.97 Å². The lowest BCUT2D eigenvalue weighted by atomic mass is 10.1. The molecule has 0 saturated heterocycles. The van der Waals surface area contributed by atoms with E-state index in [1.54, 1.807) is 6.07 Å². The highest BCUT2D eigenvalue weighted by Crippen LogP contribution is 2.42. The number of carbonyl (C=O) groups excluding carboxylic acids is 1. The topological polar surface area (TPSA) is 126 Å². The summed E-state index contributed by atoms with van der Waals surface area (Å²) in [5.41, 5.74) is 12.9. The van der Waals surface area contributed by atoms with Crippen LogP contribution in [0.1, 0.15) is 21.1 Å². The zero-order chi connectivity index (χ0) is 17.4. The van der Waals surface area contributed by atoms with Crippen LogP contribution >= 0.6 is 11.3 Å². The molecule has 0 unspecified atom stereocenters. The normalized spacial score (nSPS) is 12.0. The van der Waals surface area contributed by atoms with Gasteiger partial charge in [0.05, 0.1) is 0 Å². The molecule has 0 radical (unpaired) electrons. The van der Waals surface area contributed by atoms with E-state index >= 15 is 0 Å². The summed E-state index contributed by atoms with van der Waals surface area (Å²) in [6, 6.07) is 9.51. The zero-order valence-electron chi connectivity index (χ0n) is 12.9. The van der Waals surface area contributed by atoms with Gasteiger partial charge in [-0.2, -0.15) is 15.0 Å². The third kappa shape index (κ3) is 2.96. The van der Waals surface area contributed by atoms with E-state index in [-0.39, 0.29) is 24.3 Å². The van der Waals surface area contributed by atoms with Crippen molar-refractivity contribution >= 4 is 29.2 Å². The molecule has 0 amide bonds. The minimum absolute atomic E-state index is 0.0149. The standard InChI is InChI=1S/C16H13N5O3S/c17-15-19-12(20-16(18)21-15)7-24-14(22)11-5-8-6-23-10-4-2-1-3-9(10)13(8)25-11/h1-5H,6-7H2,(H4,17,18,19,20,21). The van der Waals surface area contributed by atoms with Crippen LogP contribution in [0.4, 0.5) is 11.9 Å². The van der Waals surface area contributed by atoms with Crippen molar-refractivity contribution in [2.45, 2.75) is 13.2 Å². The van der Waals surface area contributed by atoms with E-state index in [9.17, 15) is 4.79 Å². The van der Waals surface area contributed by atoms with Gasteiger partial charge in [0.1, 0.15) is 17.2 Å². The van der Waals surface area contributed by atoms with Crippen LogP contribution in [0.15, 0.2) is 30.3 Å². The minimum Gasteiger partial charge on any atom is -0.488 e. The lowest BCUT2D eigenvalue weighted by Crippen LogP contribution is -2.10. The third-order valence-corrected chi connectivity index (χ3v) is 4.76. The predicted octanol–water partition coefficient (Wildman–Crippen LogP) is 2.01. The minimum atomic E-state index is -0.463. The Kier molecular flexibility index (Phi) is 3.69. The van der Waals surface area contributed by atoms with Crippen molar-refractivity contribution in [2.24, 2.45) is 0 Å². The molecule has 126 valence electrons. The number of thiophene rings is 1. The van der Waals surface area contributed by atoms with Crippen LogP contribution in [0, 0.1) is 0 Å². The van der Waals surface area contributed by atoms with Crippen LogP contribution in [0.5, 0.6) is 5.75 Å². The molecule has 9 heteroatoms. The predicted molar refractivity (Wildman–Crippen MR) is 91.9 cm³/mol. The number of nitrogens with zero attached hydrogens (tertiary/aromatic N) is 3. The molecule has 1 aliphatic rings. The summed E-state index contributed by atoms with van der Waals surface area (Å²) in [6.07, 6.45) is 0. The molecular weight excluding hydrogens is 342 g/mol. The Balaban J connectivity index is 1.53. The smallest absolute Gasteiger partial charge is 0.348 e. The highest BCUT2D eigenvalue weighted by atomic mass is 32.1. The first-order chi connectivity index (χ1) is 12.1. The second-order valence-corrected chi connectivity index (χ2v) is 6.35. The summed E-state index contributed by atoms with van der Waals surface area (Å²) in [5, 5.41) is 0. The number of hydrogen-bond acceptors (Lipinski definition) is 9. The number of hydrogen-bond donors (Lipinski definition) is 2. The first-order valence-corrected chi connectivity index (χ1v) is 8.20. The Morgan fingerprint density at radius 3 is 2.76 bits per heavy atom. The fourth-order valence-electron chi connectivity index (χ4n) is 2.52. The van der Waals surface area contributed by atoms with Crippen LogP contribution in [0.25, 0.3) is 10.4 Å². The quantitative estimate of drug-likeness (QED) is 0.683. The molecule has 0 atom stereocenters. The van der Waals surface area contributed by atoms with Gasteiger partial charge in [-0.3, -0.25) is 0 Å². The molecule has 0 bridgehead atoms. The maximum absolute atomic E-state index is 12.3. The molecule has 1 aromatic carbocycles. The molecule has 4 rings (SSSR count). The lowest BCUT2D eigenvalue weighted by Gasteiger charge is -2.16. The fourth-order valence-corrected chi connectivity index (χ4v) is 3.61. The van der Waals surface area contributed by atoms with Crippen LogP contribution in [-0.4, -0.2) is 20.9 Å². The fraction of sp³-hybridized carbons (Fsp3) is 0.125. The third-order valence-electron chi connectivity index (χ3n) is 3.57. The molecular formula is C16H13N5O3S. The average molecular weight is 355 g/mol. The highest BCUT2D eigenvalue weighted by Gasteiger charge is 2.23. The number of esters is 1. The summed E-state index contributed by atoms with van der Waals surface area (Å²) in [7, 11) is 0. The van der Waals surface area contributed by atoms with Crippen molar-refractivity contribution in [3.63, 3.8) is 0 Å². The number of rotatable bonds is 3. The molecule has 8 nitrogen and oxygen atoms in total. The van der Waals surface area contributed by atoms with Gasteiger partial charge in [-0.05, 0) is 18.2 Å². The van der Waals surface area contributed by atoms with Gasteiger partial charge in [0.15, 0.2) is 12.4 Å². The maximum Gasteiger partial charge on any atom is 0.348 e. The van der Waals surface area contributed by atoms with Crippen molar-refractivity contribution < 1.29 is 14.3 Å². The number of benzene rings is 1. The van der Waals surface area contributed by atoms with E-state index < -0.39 is 5.97 Å².